The van der Waals surface area contributed by atoms with E-state index in [1.165, 1.54) is 15.8 Å². The maximum absolute atomic E-state index is 13.6. The van der Waals surface area contributed by atoms with Gasteiger partial charge in [-0.2, -0.15) is 61.6 Å². The molecule has 1 saturated heterocycles. The van der Waals surface area contributed by atoms with E-state index in [1.54, 1.807) is 48.5 Å². The SMILES string of the molecule is CC(C)(C)N1P(=S)(Nc2cc(C(F)(F)F)cc(C(F)(F)F)c2)N(C(C)(C)C)P1(=S)Nc1cc(C(F)(F)F)cc(C(F)(F)F)c1.CCOC(C)=O. The summed E-state index contributed by atoms with van der Waals surface area (Å²) in [6.45, 7) is 5.47. The smallest absolute Gasteiger partial charge is 0.416 e. The van der Waals surface area contributed by atoms with Crippen molar-refractivity contribution in [3.05, 3.63) is 58.7 Å². The number of benzene rings is 2. The molecule has 0 radical (unpaired) electrons. The van der Waals surface area contributed by atoms with Crippen LogP contribution < -0.4 is 10.2 Å². The maximum atomic E-state index is 13.6. The molecule has 6 nitrogen and oxygen atoms in total. The van der Waals surface area contributed by atoms with Crippen LogP contribution in [0.15, 0.2) is 36.4 Å². The van der Waals surface area contributed by atoms with Gasteiger partial charge in [-0.15, -0.1) is 0 Å². The van der Waals surface area contributed by atoms with Crippen LogP contribution in [0.3, 0.4) is 0 Å². The van der Waals surface area contributed by atoms with Crippen molar-refractivity contribution >= 4 is 53.9 Å². The molecule has 0 spiro atoms. The van der Waals surface area contributed by atoms with Gasteiger partial charge in [0.1, 0.15) is 0 Å². The third kappa shape index (κ3) is 10.3. The van der Waals surface area contributed by atoms with Crippen LogP contribution in [0.4, 0.5) is 64.1 Å². The van der Waals surface area contributed by atoms with Gasteiger partial charge in [-0.05, 0) is 108 Å². The Balaban J connectivity index is 0.00000132. The molecule has 3 rings (SSSR count). The minimum atomic E-state index is -5.17. The number of anilines is 2. The standard InChI is InChI=1S/C24H26F12N4P2S2.C4H8O2/c1-19(2,3)39-41(43,37-17-9-13(21(25,26)27)7-14(10-17)22(28,29)30)40(20(4,5)6)42(39,44)38-18-11-15(23(31,32)33)8-16(12-18)24(34,35)36;1-3-6-4(2)5/h7-12H,1-6H3,(H,37,43)(H,38,44);3H2,1-2H3. The fourth-order valence-corrected chi connectivity index (χ4v) is 21.6. The van der Waals surface area contributed by atoms with Crippen molar-refractivity contribution in [1.29, 1.82) is 0 Å². The quantitative estimate of drug-likeness (QED) is 0.176. The highest BCUT2D eigenvalue weighted by atomic mass is 32.5. The number of alkyl halides is 12. The molecule has 0 aromatic heterocycles. The van der Waals surface area contributed by atoms with Crippen molar-refractivity contribution < 1.29 is 62.2 Å². The van der Waals surface area contributed by atoms with Crippen LogP contribution in [0.5, 0.6) is 0 Å². The van der Waals surface area contributed by atoms with Gasteiger partial charge in [0.05, 0.1) is 28.9 Å². The number of ether oxygens (including phenoxy) is 1. The maximum Gasteiger partial charge on any atom is 0.416 e. The minimum absolute atomic E-state index is 0.0682. The number of hydrogen-bond donors (Lipinski definition) is 2. The highest BCUT2D eigenvalue weighted by molar-refractivity contribution is 8.30. The number of hydrogen-bond acceptors (Lipinski definition) is 4. The van der Waals surface area contributed by atoms with Crippen LogP contribution in [-0.4, -0.2) is 32.5 Å². The van der Waals surface area contributed by atoms with Crippen molar-refractivity contribution in [2.24, 2.45) is 0 Å². The number of halogens is 12. The summed E-state index contributed by atoms with van der Waals surface area (Å²) in [5, 5.41) is 5.29. The zero-order chi connectivity index (χ0) is 39.3. The van der Waals surface area contributed by atoms with Crippen molar-refractivity contribution in [3.63, 3.8) is 0 Å². The van der Waals surface area contributed by atoms with Crippen LogP contribution in [0.25, 0.3) is 0 Å². The summed E-state index contributed by atoms with van der Waals surface area (Å²) in [7, 11) is 0. The van der Waals surface area contributed by atoms with Crippen LogP contribution in [-0.2, 0) is 57.9 Å². The van der Waals surface area contributed by atoms with Crippen molar-refractivity contribution in [2.45, 2.75) is 91.2 Å². The second-order valence-corrected chi connectivity index (χ2v) is 20.7. The summed E-state index contributed by atoms with van der Waals surface area (Å²) in [6, 6.07) is 1.60. The molecule has 1 aliphatic rings. The Bertz CT molecular complexity index is 1470. The molecule has 22 heteroatoms. The first-order valence-corrected chi connectivity index (χ1v) is 19.6. The van der Waals surface area contributed by atoms with Gasteiger partial charge in [0.25, 0.3) is 0 Å². The molecule has 0 atom stereocenters. The number of carbonyl (C=O) groups excluding carboxylic acids is 1. The third-order valence-corrected chi connectivity index (χ3v) is 18.9. The van der Waals surface area contributed by atoms with Gasteiger partial charge >= 0.3 is 30.7 Å². The summed E-state index contributed by atoms with van der Waals surface area (Å²) < 4.78 is 170. The molecule has 1 heterocycles. The minimum Gasteiger partial charge on any atom is -0.466 e. The molecular formula is C28H34F12N4O2P2S2. The van der Waals surface area contributed by atoms with E-state index in [-0.39, 0.29) is 18.1 Å². The lowest BCUT2D eigenvalue weighted by Crippen LogP contribution is -2.59. The molecule has 0 aliphatic carbocycles. The first kappa shape index (κ1) is 44.1. The van der Waals surface area contributed by atoms with Crippen molar-refractivity contribution in [1.82, 2.24) is 8.88 Å². The van der Waals surface area contributed by atoms with E-state index >= 15 is 0 Å². The molecule has 50 heavy (non-hydrogen) atoms. The number of carbonyl (C=O) groups is 1. The number of nitrogens with zero attached hydrogens (tertiary/aromatic N) is 2. The topological polar surface area (TPSA) is 56.8 Å². The summed E-state index contributed by atoms with van der Waals surface area (Å²) in [5.41, 5.74) is -10.1. The molecule has 1 fully saturated rings. The van der Waals surface area contributed by atoms with Crippen LogP contribution in [0.2, 0.25) is 0 Å². The molecule has 2 aromatic carbocycles. The molecular weight excluding hydrogens is 778 g/mol. The van der Waals surface area contributed by atoms with E-state index in [0.717, 1.165) is 0 Å². The van der Waals surface area contributed by atoms with E-state index in [0.29, 0.717) is 30.9 Å². The van der Waals surface area contributed by atoms with Crippen molar-refractivity contribution in [3.8, 4) is 0 Å². The van der Waals surface area contributed by atoms with Crippen molar-refractivity contribution in [2.75, 3.05) is 16.8 Å². The fourth-order valence-electron chi connectivity index (χ4n) is 4.85. The van der Waals surface area contributed by atoms with E-state index < -0.39 is 82.4 Å². The fraction of sp³-hybridized carbons (Fsp3) is 0.536. The molecule has 0 unspecified atom stereocenters. The molecule has 1 aliphatic heterocycles. The predicted molar refractivity (Wildman–Crippen MR) is 174 cm³/mol. The predicted octanol–water partition coefficient (Wildman–Crippen LogP) is 11.5. The zero-order valence-corrected chi connectivity index (χ0v) is 31.1. The first-order chi connectivity index (χ1) is 22.1. The summed E-state index contributed by atoms with van der Waals surface area (Å²) in [6.07, 6.45) is -20.7. The normalized spacial score (nSPS) is 21.1. The number of rotatable bonds is 5. The van der Waals surface area contributed by atoms with Gasteiger partial charge in [0.2, 0.25) is 0 Å². The Morgan fingerprint density at radius 3 is 0.980 bits per heavy atom. The average molecular weight is 813 g/mol. The summed E-state index contributed by atoms with van der Waals surface area (Å²) >= 11 is 11.8. The van der Waals surface area contributed by atoms with Crippen LogP contribution in [0.1, 0.15) is 77.6 Å². The van der Waals surface area contributed by atoms with Crippen LogP contribution >= 0.6 is 13.0 Å². The third-order valence-electron chi connectivity index (χ3n) is 6.30. The summed E-state index contributed by atoms with van der Waals surface area (Å²) in [5.74, 6) is -0.211. The van der Waals surface area contributed by atoms with Gasteiger partial charge in [0, 0.05) is 29.4 Å². The van der Waals surface area contributed by atoms with Gasteiger partial charge in [-0.3, -0.25) is 4.79 Å². The lowest BCUT2D eigenvalue weighted by atomic mass is 10.1. The summed E-state index contributed by atoms with van der Waals surface area (Å²) in [4.78, 5) is 9.82. The Labute approximate surface area is 291 Å². The zero-order valence-electron chi connectivity index (χ0n) is 27.6. The molecule has 284 valence electrons. The molecule has 0 saturated carbocycles. The lowest BCUT2D eigenvalue weighted by Gasteiger charge is -2.68. The van der Waals surface area contributed by atoms with Gasteiger partial charge < -0.3 is 14.9 Å². The molecule has 0 amide bonds. The van der Waals surface area contributed by atoms with Gasteiger partial charge in [0.15, 0.2) is 13.0 Å². The Morgan fingerprint density at radius 1 is 0.600 bits per heavy atom. The van der Waals surface area contributed by atoms with E-state index in [1.807, 2.05) is 0 Å². The Hall–Kier alpha value is -2.11. The number of esters is 1. The lowest BCUT2D eigenvalue weighted by molar-refractivity contribution is -0.144. The Kier molecular flexibility index (Phi) is 12.7. The monoisotopic (exact) mass is 812 g/mol. The molecule has 2 aromatic rings. The molecule has 0 bridgehead atoms. The van der Waals surface area contributed by atoms with E-state index in [4.69, 9.17) is 23.6 Å². The Morgan fingerprint density at radius 2 is 0.840 bits per heavy atom. The number of nitrogens with one attached hydrogen (secondary N) is 2. The second-order valence-electron chi connectivity index (χ2n) is 12.7. The average Bonchev–Trinajstić information content (AvgIpc) is 2.84. The highest BCUT2D eigenvalue weighted by Crippen LogP contribution is 2.88. The second kappa shape index (κ2) is 14.4. The van der Waals surface area contributed by atoms with Crippen LogP contribution in [0, 0.1) is 0 Å². The van der Waals surface area contributed by atoms with Gasteiger partial charge in [-0.25, -0.2) is 0 Å². The highest BCUT2D eigenvalue weighted by Gasteiger charge is 2.65. The largest absolute Gasteiger partial charge is 0.466 e. The van der Waals surface area contributed by atoms with Gasteiger partial charge in [-0.1, -0.05) is 0 Å². The van der Waals surface area contributed by atoms with E-state index in [9.17, 15) is 57.5 Å². The molecule has 2 N–H and O–H groups in total. The van der Waals surface area contributed by atoms with E-state index in [2.05, 4.69) is 14.9 Å². The first-order valence-electron chi connectivity index (χ1n) is 14.2.